The van der Waals surface area contributed by atoms with E-state index in [-0.39, 0.29) is 5.56 Å². The number of anilines is 3. The lowest BCUT2D eigenvalue weighted by molar-refractivity contribution is 0.0698. The Morgan fingerprint density at radius 3 is 2.45 bits per heavy atom. The molecule has 0 saturated heterocycles. The summed E-state index contributed by atoms with van der Waals surface area (Å²) in [5.74, 6) is -1.01. The number of carboxylic acid groups (broad SMARTS) is 1. The van der Waals surface area contributed by atoms with Gasteiger partial charge in [0, 0.05) is 24.1 Å². The van der Waals surface area contributed by atoms with E-state index in [1.54, 1.807) is 6.07 Å². The number of hydrogen-bond acceptors (Lipinski definition) is 3. The SMILES string of the molecule is Cc1cccc(N(C)c2cc(C)c(N)c(C(=O)O)c2)c1. The third-order valence-corrected chi connectivity index (χ3v) is 3.38. The van der Waals surface area contributed by atoms with Crippen LogP contribution >= 0.6 is 0 Å². The normalized spacial score (nSPS) is 10.3. The number of nitrogens with zero attached hydrogens (tertiary/aromatic N) is 1. The zero-order valence-electron chi connectivity index (χ0n) is 11.8. The Morgan fingerprint density at radius 2 is 1.85 bits per heavy atom. The molecule has 0 bridgehead atoms. The molecule has 0 fully saturated rings. The lowest BCUT2D eigenvalue weighted by Gasteiger charge is -2.21. The third-order valence-electron chi connectivity index (χ3n) is 3.38. The summed E-state index contributed by atoms with van der Waals surface area (Å²) in [5, 5.41) is 9.21. The number of carbonyl (C=O) groups is 1. The minimum atomic E-state index is -1.01. The van der Waals surface area contributed by atoms with Gasteiger partial charge >= 0.3 is 5.97 Å². The summed E-state index contributed by atoms with van der Waals surface area (Å²) in [6, 6.07) is 11.5. The summed E-state index contributed by atoms with van der Waals surface area (Å²) in [4.78, 5) is 13.2. The first kappa shape index (κ1) is 13.9. The topological polar surface area (TPSA) is 66.6 Å². The summed E-state index contributed by atoms with van der Waals surface area (Å²) >= 11 is 0. The van der Waals surface area contributed by atoms with E-state index in [9.17, 15) is 9.90 Å². The molecule has 0 radical (unpaired) electrons. The molecule has 3 N–H and O–H groups in total. The number of nitrogens with two attached hydrogens (primary N) is 1. The maximum absolute atomic E-state index is 11.2. The highest BCUT2D eigenvalue weighted by atomic mass is 16.4. The molecule has 4 heteroatoms. The fourth-order valence-corrected chi connectivity index (χ4v) is 2.14. The summed E-state index contributed by atoms with van der Waals surface area (Å²) in [6.45, 7) is 3.84. The minimum absolute atomic E-state index is 0.138. The van der Waals surface area contributed by atoms with Crippen LogP contribution in [0, 0.1) is 13.8 Å². The number of aryl methyl sites for hydroxylation is 2. The number of carboxylic acids is 1. The molecule has 0 heterocycles. The van der Waals surface area contributed by atoms with Crippen molar-refractivity contribution in [3.8, 4) is 0 Å². The van der Waals surface area contributed by atoms with Crippen LogP contribution in [0.2, 0.25) is 0 Å². The van der Waals surface area contributed by atoms with Crippen LogP contribution in [0.4, 0.5) is 17.1 Å². The maximum atomic E-state index is 11.2. The molecule has 0 aliphatic rings. The van der Waals surface area contributed by atoms with Crippen molar-refractivity contribution in [3.05, 3.63) is 53.1 Å². The van der Waals surface area contributed by atoms with Gasteiger partial charge in [-0.15, -0.1) is 0 Å². The number of rotatable bonds is 3. The molecular formula is C16H18N2O2. The van der Waals surface area contributed by atoms with Gasteiger partial charge in [0.25, 0.3) is 0 Å². The van der Waals surface area contributed by atoms with Gasteiger partial charge in [-0.05, 0) is 49.2 Å². The van der Waals surface area contributed by atoms with E-state index >= 15 is 0 Å². The molecule has 20 heavy (non-hydrogen) atoms. The van der Waals surface area contributed by atoms with Crippen molar-refractivity contribution in [3.63, 3.8) is 0 Å². The number of hydrogen-bond donors (Lipinski definition) is 2. The van der Waals surface area contributed by atoms with E-state index in [1.807, 2.05) is 56.1 Å². The summed E-state index contributed by atoms with van der Waals surface area (Å²) in [6.07, 6.45) is 0. The van der Waals surface area contributed by atoms with Gasteiger partial charge in [0.1, 0.15) is 0 Å². The quantitative estimate of drug-likeness (QED) is 0.839. The van der Waals surface area contributed by atoms with Gasteiger partial charge in [-0.2, -0.15) is 0 Å². The highest BCUT2D eigenvalue weighted by Crippen LogP contribution is 2.29. The summed E-state index contributed by atoms with van der Waals surface area (Å²) in [7, 11) is 1.91. The second kappa shape index (κ2) is 5.25. The number of aromatic carboxylic acids is 1. The molecule has 0 aliphatic heterocycles. The monoisotopic (exact) mass is 270 g/mol. The smallest absolute Gasteiger partial charge is 0.337 e. The van der Waals surface area contributed by atoms with Crippen molar-refractivity contribution in [2.24, 2.45) is 0 Å². The molecule has 0 unspecified atom stereocenters. The Bertz CT molecular complexity index is 666. The predicted octanol–water partition coefficient (Wildman–Crippen LogP) is 3.35. The van der Waals surface area contributed by atoms with Crippen LogP contribution in [0.3, 0.4) is 0 Å². The average molecular weight is 270 g/mol. The van der Waals surface area contributed by atoms with Crippen LogP contribution in [0.25, 0.3) is 0 Å². The molecule has 0 amide bonds. The Kier molecular flexibility index (Phi) is 3.66. The Morgan fingerprint density at radius 1 is 1.15 bits per heavy atom. The van der Waals surface area contributed by atoms with Gasteiger partial charge < -0.3 is 15.7 Å². The van der Waals surface area contributed by atoms with Crippen molar-refractivity contribution in [1.82, 2.24) is 0 Å². The molecule has 0 saturated carbocycles. The van der Waals surface area contributed by atoms with Crippen molar-refractivity contribution in [2.45, 2.75) is 13.8 Å². The first-order valence-electron chi connectivity index (χ1n) is 6.34. The molecular weight excluding hydrogens is 252 g/mol. The van der Waals surface area contributed by atoms with Gasteiger partial charge in [0.15, 0.2) is 0 Å². The average Bonchev–Trinajstić information content (AvgIpc) is 2.40. The van der Waals surface area contributed by atoms with Crippen molar-refractivity contribution in [2.75, 3.05) is 17.7 Å². The second-order valence-electron chi connectivity index (χ2n) is 4.93. The van der Waals surface area contributed by atoms with E-state index < -0.39 is 5.97 Å². The van der Waals surface area contributed by atoms with Crippen molar-refractivity contribution < 1.29 is 9.90 Å². The van der Waals surface area contributed by atoms with Crippen LogP contribution in [0.1, 0.15) is 21.5 Å². The lowest BCUT2D eigenvalue weighted by atomic mass is 10.1. The standard InChI is InChI=1S/C16H18N2O2/c1-10-5-4-6-12(7-10)18(3)13-8-11(2)15(17)14(9-13)16(19)20/h4-9H,17H2,1-3H3,(H,19,20). The summed E-state index contributed by atoms with van der Waals surface area (Å²) < 4.78 is 0. The largest absolute Gasteiger partial charge is 0.478 e. The Hall–Kier alpha value is -2.49. The van der Waals surface area contributed by atoms with Gasteiger partial charge in [-0.1, -0.05) is 12.1 Å². The van der Waals surface area contributed by atoms with E-state index in [0.29, 0.717) is 5.69 Å². The van der Waals surface area contributed by atoms with Gasteiger partial charge in [-0.25, -0.2) is 4.79 Å². The lowest BCUT2D eigenvalue weighted by Crippen LogP contribution is -2.12. The molecule has 0 spiro atoms. The highest BCUT2D eigenvalue weighted by molar-refractivity contribution is 5.96. The van der Waals surface area contributed by atoms with Crippen LogP contribution in [0.5, 0.6) is 0 Å². The molecule has 104 valence electrons. The zero-order valence-corrected chi connectivity index (χ0v) is 11.8. The highest BCUT2D eigenvalue weighted by Gasteiger charge is 2.14. The Labute approximate surface area is 118 Å². The predicted molar refractivity (Wildman–Crippen MR) is 81.8 cm³/mol. The first-order valence-corrected chi connectivity index (χ1v) is 6.34. The van der Waals surface area contributed by atoms with E-state index in [2.05, 4.69) is 0 Å². The summed E-state index contributed by atoms with van der Waals surface area (Å²) in [5.41, 5.74) is 10.00. The van der Waals surface area contributed by atoms with E-state index in [1.165, 1.54) is 0 Å². The number of nitrogen functional groups attached to an aromatic ring is 1. The Balaban J connectivity index is 2.50. The third kappa shape index (κ3) is 2.59. The maximum Gasteiger partial charge on any atom is 0.337 e. The molecule has 0 atom stereocenters. The van der Waals surface area contributed by atoms with Gasteiger partial charge in [0.05, 0.1) is 5.56 Å². The zero-order chi connectivity index (χ0) is 14.9. The fourth-order valence-electron chi connectivity index (χ4n) is 2.14. The molecule has 2 aromatic carbocycles. The van der Waals surface area contributed by atoms with Crippen LogP contribution in [-0.4, -0.2) is 18.1 Å². The minimum Gasteiger partial charge on any atom is -0.478 e. The van der Waals surface area contributed by atoms with Crippen LogP contribution in [-0.2, 0) is 0 Å². The number of benzene rings is 2. The van der Waals surface area contributed by atoms with Crippen molar-refractivity contribution >= 4 is 23.0 Å². The van der Waals surface area contributed by atoms with Gasteiger partial charge in [-0.3, -0.25) is 0 Å². The van der Waals surface area contributed by atoms with E-state index in [0.717, 1.165) is 22.5 Å². The fraction of sp³-hybridized carbons (Fsp3) is 0.188. The van der Waals surface area contributed by atoms with Gasteiger partial charge in [0.2, 0.25) is 0 Å². The first-order chi connectivity index (χ1) is 9.40. The molecule has 2 aromatic rings. The molecule has 0 aliphatic carbocycles. The molecule has 2 rings (SSSR count). The molecule has 0 aromatic heterocycles. The van der Waals surface area contributed by atoms with Crippen LogP contribution < -0.4 is 10.6 Å². The molecule has 4 nitrogen and oxygen atoms in total. The van der Waals surface area contributed by atoms with Crippen LogP contribution in [0.15, 0.2) is 36.4 Å². The van der Waals surface area contributed by atoms with E-state index in [4.69, 9.17) is 5.73 Å². The van der Waals surface area contributed by atoms with Crippen molar-refractivity contribution in [1.29, 1.82) is 0 Å². The second-order valence-corrected chi connectivity index (χ2v) is 4.93.